The van der Waals surface area contributed by atoms with Gasteiger partial charge in [0.1, 0.15) is 5.69 Å². The highest BCUT2D eigenvalue weighted by Crippen LogP contribution is 2.31. The molecule has 0 radical (unpaired) electrons. The van der Waals surface area contributed by atoms with Gasteiger partial charge in [-0.15, -0.1) is 0 Å². The van der Waals surface area contributed by atoms with Crippen molar-refractivity contribution in [3.63, 3.8) is 0 Å². The maximum atomic E-state index is 9.64. The number of hydrogen-bond donors (Lipinski definition) is 3. The van der Waals surface area contributed by atoms with Crippen molar-refractivity contribution in [3.8, 4) is 5.88 Å². The lowest BCUT2D eigenvalue weighted by atomic mass is 10.1. The van der Waals surface area contributed by atoms with Gasteiger partial charge in [0.05, 0.1) is 0 Å². The number of aromatic nitrogens is 3. The summed E-state index contributed by atoms with van der Waals surface area (Å²) in [6.07, 6.45) is 5.29. The molecule has 0 aromatic carbocycles. The van der Waals surface area contributed by atoms with Crippen molar-refractivity contribution in [1.29, 1.82) is 0 Å². The van der Waals surface area contributed by atoms with Gasteiger partial charge in [0.25, 0.3) is 0 Å². The Morgan fingerprint density at radius 3 is 2.94 bits per heavy atom. The van der Waals surface area contributed by atoms with Gasteiger partial charge in [-0.3, -0.25) is 0 Å². The summed E-state index contributed by atoms with van der Waals surface area (Å²) in [7, 11) is 0. The second kappa shape index (κ2) is 3.92. The van der Waals surface area contributed by atoms with Gasteiger partial charge in [-0.25, -0.2) is 9.98 Å². The van der Waals surface area contributed by atoms with E-state index >= 15 is 0 Å². The van der Waals surface area contributed by atoms with E-state index in [1.54, 1.807) is 18.5 Å². The van der Waals surface area contributed by atoms with Crippen LogP contribution >= 0.6 is 12.2 Å². The lowest BCUT2D eigenvalue weighted by Crippen LogP contribution is -1.85. The van der Waals surface area contributed by atoms with Crippen LogP contribution in [-0.4, -0.2) is 26.3 Å². The Hall–Kier alpha value is -2.21. The largest absolute Gasteiger partial charge is 0.493 e. The summed E-state index contributed by atoms with van der Waals surface area (Å²) in [5.74, 6) is 0.718. The van der Waals surface area contributed by atoms with E-state index in [4.69, 9.17) is 12.2 Å². The molecular weight excluding hydrogens is 248 g/mol. The molecule has 6 heteroatoms. The molecule has 1 aliphatic heterocycles. The van der Waals surface area contributed by atoms with Crippen LogP contribution in [0.2, 0.25) is 0 Å². The number of imidazole rings is 1. The maximum absolute atomic E-state index is 9.64. The molecule has 3 heterocycles. The van der Waals surface area contributed by atoms with Crippen molar-refractivity contribution in [3.05, 3.63) is 33.9 Å². The highest BCUT2D eigenvalue weighted by molar-refractivity contribution is 7.71. The molecule has 5 nitrogen and oxygen atoms in total. The molecule has 0 fully saturated rings. The number of aromatic amines is 2. The van der Waals surface area contributed by atoms with Crippen LogP contribution in [0.5, 0.6) is 5.88 Å². The molecule has 0 saturated carbocycles. The van der Waals surface area contributed by atoms with Gasteiger partial charge in [-0.2, -0.15) is 0 Å². The topological polar surface area (TPSA) is 77.1 Å². The van der Waals surface area contributed by atoms with Crippen molar-refractivity contribution in [2.45, 2.75) is 6.92 Å². The Labute approximate surface area is 108 Å². The molecule has 3 rings (SSSR count). The molecule has 2 aromatic heterocycles. The van der Waals surface area contributed by atoms with Crippen molar-refractivity contribution >= 4 is 35.9 Å². The van der Waals surface area contributed by atoms with E-state index in [0.717, 1.165) is 16.7 Å². The number of nitrogens with zero attached hydrogens (tertiary/aromatic N) is 2. The van der Waals surface area contributed by atoms with E-state index in [-0.39, 0.29) is 5.88 Å². The lowest BCUT2D eigenvalue weighted by Gasteiger charge is -2.00. The van der Waals surface area contributed by atoms with Gasteiger partial charge in [0.15, 0.2) is 10.6 Å². The molecule has 0 unspecified atom stereocenters. The average Bonchev–Trinajstić information content (AvgIpc) is 2.84. The quantitative estimate of drug-likeness (QED) is 0.688. The number of aliphatic imine (C=N–C) groups is 1. The molecule has 0 bridgehead atoms. The van der Waals surface area contributed by atoms with Crippen molar-refractivity contribution in [2.24, 2.45) is 4.99 Å². The van der Waals surface area contributed by atoms with E-state index in [9.17, 15) is 5.11 Å². The lowest BCUT2D eigenvalue weighted by molar-refractivity contribution is 0.455. The Morgan fingerprint density at radius 1 is 1.39 bits per heavy atom. The van der Waals surface area contributed by atoms with Crippen LogP contribution in [0.15, 0.2) is 17.3 Å². The van der Waals surface area contributed by atoms with Crippen LogP contribution in [0.3, 0.4) is 0 Å². The smallest absolute Gasteiger partial charge is 0.215 e. The van der Waals surface area contributed by atoms with Gasteiger partial charge in [-0.05, 0) is 36.8 Å². The molecule has 0 aliphatic carbocycles. The van der Waals surface area contributed by atoms with Gasteiger partial charge < -0.3 is 15.1 Å². The standard InChI is InChI=1S/C12H10N4OS/c1-6-2-8-7(5-14-10(8)13-4-6)3-9-11(17)16-12(18)15-9/h2-5,17H,1H3,(H2,15,16,18)/b7-3+. The predicted octanol–water partition coefficient (Wildman–Crippen LogP) is 2.74. The number of aryl methyl sites for hydroxylation is 1. The third kappa shape index (κ3) is 1.76. The number of fused-ring (bicyclic) bond motifs is 1. The monoisotopic (exact) mass is 258 g/mol. The highest BCUT2D eigenvalue weighted by Gasteiger charge is 2.14. The summed E-state index contributed by atoms with van der Waals surface area (Å²) >= 11 is 4.91. The molecule has 3 N–H and O–H groups in total. The molecule has 0 atom stereocenters. The van der Waals surface area contributed by atoms with Crippen LogP contribution < -0.4 is 0 Å². The second-order valence-electron chi connectivity index (χ2n) is 4.08. The summed E-state index contributed by atoms with van der Waals surface area (Å²) < 4.78 is 0.386. The van der Waals surface area contributed by atoms with E-state index in [2.05, 4.69) is 19.9 Å². The minimum atomic E-state index is 0.0231. The maximum Gasteiger partial charge on any atom is 0.215 e. The zero-order valence-corrected chi connectivity index (χ0v) is 10.4. The third-order valence-electron chi connectivity index (χ3n) is 2.68. The van der Waals surface area contributed by atoms with Crippen molar-refractivity contribution in [1.82, 2.24) is 15.0 Å². The first kappa shape index (κ1) is 10.9. The first-order valence-corrected chi connectivity index (χ1v) is 5.78. The highest BCUT2D eigenvalue weighted by atomic mass is 32.1. The second-order valence-corrected chi connectivity index (χ2v) is 4.49. The summed E-state index contributed by atoms with van der Waals surface area (Å²) in [5.41, 5.74) is 3.45. The fourth-order valence-corrected chi connectivity index (χ4v) is 2.05. The molecule has 0 amide bonds. The minimum absolute atomic E-state index is 0.0231. The summed E-state index contributed by atoms with van der Waals surface area (Å²) in [4.78, 5) is 14.0. The van der Waals surface area contributed by atoms with Crippen LogP contribution in [-0.2, 0) is 0 Å². The minimum Gasteiger partial charge on any atom is -0.493 e. The summed E-state index contributed by atoms with van der Waals surface area (Å²) in [6, 6.07) is 2.01. The Kier molecular flexibility index (Phi) is 2.38. The van der Waals surface area contributed by atoms with E-state index in [1.807, 2.05) is 13.0 Å². The number of allylic oxidation sites excluding steroid dienone is 1. The molecule has 2 aromatic rings. The molecule has 0 spiro atoms. The molecule has 0 saturated heterocycles. The first-order chi connectivity index (χ1) is 8.63. The predicted molar refractivity (Wildman–Crippen MR) is 72.6 cm³/mol. The average molecular weight is 258 g/mol. The number of aromatic hydroxyl groups is 1. The molecule has 1 aliphatic rings. The molecule has 90 valence electrons. The van der Waals surface area contributed by atoms with Gasteiger partial charge >= 0.3 is 0 Å². The van der Waals surface area contributed by atoms with Crippen LogP contribution in [0.1, 0.15) is 16.8 Å². The Bertz CT molecular complexity index is 739. The van der Waals surface area contributed by atoms with Gasteiger partial charge in [0.2, 0.25) is 5.88 Å². The van der Waals surface area contributed by atoms with E-state index in [0.29, 0.717) is 16.3 Å². The fraction of sp³-hybridized carbons (Fsp3) is 0.0833. The molecular formula is C12H10N4OS. The SMILES string of the molecule is Cc1cnc2c(c1)/C(=C/c1[nH]c(=S)[nH]c1O)C=N2. The van der Waals surface area contributed by atoms with Crippen LogP contribution in [0, 0.1) is 11.7 Å². The normalized spacial score (nSPS) is 15.3. The Morgan fingerprint density at radius 2 is 2.22 bits per heavy atom. The zero-order valence-electron chi connectivity index (χ0n) is 9.56. The number of rotatable bonds is 1. The summed E-state index contributed by atoms with van der Waals surface area (Å²) in [5, 5.41) is 9.64. The number of nitrogens with one attached hydrogen (secondary N) is 2. The van der Waals surface area contributed by atoms with E-state index < -0.39 is 0 Å². The fourth-order valence-electron chi connectivity index (χ4n) is 1.84. The van der Waals surface area contributed by atoms with Crippen LogP contribution in [0.4, 0.5) is 5.82 Å². The number of pyridine rings is 1. The van der Waals surface area contributed by atoms with Crippen LogP contribution in [0.25, 0.3) is 11.6 Å². The van der Waals surface area contributed by atoms with Gasteiger partial charge in [-0.1, -0.05) is 0 Å². The van der Waals surface area contributed by atoms with Gasteiger partial charge in [0, 0.05) is 23.5 Å². The first-order valence-electron chi connectivity index (χ1n) is 5.37. The Balaban J connectivity index is 2.11. The zero-order chi connectivity index (χ0) is 12.7. The summed E-state index contributed by atoms with van der Waals surface area (Å²) in [6.45, 7) is 1.98. The van der Waals surface area contributed by atoms with Crippen molar-refractivity contribution < 1.29 is 5.11 Å². The van der Waals surface area contributed by atoms with E-state index in [1.165, 1.54) is 0 Å². The van der Waals surface area contributed by atoms with Crippen molar-refractivity contribution in [2.75, 3.05) is 0 Å². The molecule has 18 heavy (non-hydrogen) atoms. The number of H-pyrrole nitrogens is 2. The third-order valence-corrected chi connectivity index (χ3v) is 2.88. The number of hydrogen-bond acceptors (Lipinski definition) is 4.